The second-order valence-electron chi connectivity index (χ2n) is 15.8. The van der Waals surface area contributed by atoms with Crippen LogP contribution in [0.2, 0.25) is 0 Å². The molecule has 0 aliphatic heterocycles. The third-order valence-electron chi connectivity index (χ3n) is 13.2. The summed E-state index contributed by atoms with van der Waals surface area (Å²) in [5, 5.41) is 2.65. The average Bonchev–Trinajstić information content (AvgIpc) is 3.32. The Balaban J connectivity index is 1.24. The molecule has 0 aromatic carbocycles. The molecule has 4 aliphatic rings. The van der Waals surface area contributed by atoms with Gasteiger partial charge in [0.2, 0.25) is 5.91 Å². The molecule has 9 unspecified atom stereocenters. The number of carbonyl (C=O) groups excluding carboxylic acids is 2. The monoisotopic (exact) mass is 637 g/mol. The predicted octanol–water partition coefficient (Wildman–Crippen LogP) is 8.12. The standard InChI is InChI=1S/C36H63NO6S/c1-5-6-7-8-9-10-11-12-34(39)43-28-19-21-35(3)27(25-28)14-15-29-31-17-16-30(36(31,4)22-20-32(29)35)26(2)13-18-33(38)37-23-24-44(40,41)42/h26-32H,5-25H2,1-4H3,(H,37,38)(H,40,41,42). The van der Waals surface area contributed by atoms with Crippen LogP contribution in [0, 0.1) is 46.3 Å². The number of carbonyl (C=O) groups is 2. The van der Waals surface area contributed by atoms with Gasteiger partial charge in [0.15, 0.2) is 0 Å². The minimum absolute atomic E-state index is 0.0241. The largest absolute Gasteiger partial charge is 0.462 e. The van der Waals surface area contributed by atoms with E-state index in [4.69, 9.17) is 9.29 Å². The van der Waals surface area contributed by atoms with Crippen molar-refractivity contribution in [2.45, 2.75) is 156 Å². The van der Waals surface area contributed by atoms with Gasteiger partial charge in [0.1, 0.15) is 6.10 Å². The van der Waals surface area contributed by atoms with Gasteiger partial charge in [-0.2, -0.15) is 8.42 Å². The van der Waals surface area contributed by atoms with Crippen LogP contribution >= 0.6 is 0 Å². The number of ether oxygens (including phenoxy) is 1. The lowest BCUT2D eigenvalue weighted by molar-refractivity contribution is -0.162. The third kappa shape index (κ3) is 8.80. The summed E-state index contributed by atoms with van der Waals surface area (Å²) in [6.07, 6.45) is 21.4. The zero-order chi connectivity index (χ0) is 32.0. The zero-order valence-corrected chi connectivity index (χ0v) is 29.1. The van der Waals surface area contributed by atoms with E-state index in [0.717, 1.165) is 49.9 Å². The summed E-state index contributed by atoms with van der Waals surface area (Å²) >= 11 is 0. The quantitative estimate of drug-likeness (QED) is 0.100. The molecule has 44 heavy (non-hydrogen) atoms. The molecule has 0 heterocycles. The molecule has 0 saturated heterocycles. The van der Waals surface area contributed by atoms with Crippen molar-refractivity contribution in [3.05, 3.63) is 0 Å². The first kappa shape index (κ1) is 35.7. The Morgan fingerprint density at radius 2 is 1.57 bits per heavy atom. The van der Waals surface area contributed by atoms with Crippen LogP contribution in [0.3, 0.4) is 0 Å². The fourth-order valence-corrected chi connectivity index (χ4v) is 11.1. The molecule has 254 valence electrons. The first-order chi connectivity index (χ1) is 20.9. The molecule has 9 atom stereocenters. The Kier molecular flexibility index (Phi) is 12.7. The topological polar surface area (TPSA) is 110 Å². The van der Waals surface area contributed by atoms with Crippen LogP contribution in [0.25, 0.3) is 0 Å². The van der Waals surface area contributed by atoms with Crippen molar-refractivity contribution in [2.75, 3.05) is 12.3 Å². The highest BCUT2D eigenvalue weighted by molar-refractivity contribution is 7.85. The average molecular weight is 638 g/mol. The number of esters is 1. The molecule has 1 amide bonds. The van der Waals surface area contributed by atoms with E-state index in [1.54, 1.807) is 0 Å². The Hall–Kier alpha value is -1.15. The lowest BCUT2D eigenvalue weighted by Gasteiger charge is -2.61. The summed E-state index contributed by atoms with van der Waals surface area (Å²) in [6, 6.07) is 0. The summed E-state index contributed by atoms with van der Waals surface area (Å²) in [7, 11) is -4.06. The number of amides is 1. The lowest BCUT2D eigenvalue weighted by atomic mass is 9.44. The SMILES string of the molecule is CCCCCCCCCC(=O)OC1CCC2(C)C(CCC3C2CCC2(C)C(C(C)CCC(=O)NCCS(=O)(=O)O)CCC32)C1. The first-order valence-electron chi connectivity index (χ1n) is 18.3. The van der Waals surface area contributed by atoms with Crippen LogP contribution < -0.4 is 5.32 Å². The van der Waals surface area contributed by atoms with E-state index in [0.29, 0.717) is 41.4 Å². The number of rotatable bonds is 16. The van der Waals surface area contributed by atoms with Crippen LogP contribution in [0.5, 0.6) is 0 Å². The van der Waals surface area contributed by atoms with Gasteiger partial charge in [0.05, 0.1) is 5.75 Å². The van der Waals surface area contributed by atoms with Crippen LogP contribution in [0.1, 0.15) is 150 Å². The molecule has 7 nitrogen and oxygen atoms in total. The highest BCUT2D eigenvalue weighted by atomic mass is 32.2. The minimum Gasteiger partial charge on any atom is -0.462 e. The van der Waals surface area contributed by atoms with E-state index in [2.05, 4.69) is 33.0 Å². The highest BCUT2D eigenvalue weighted by Crippen LogP contribution is 2.68. The van der Waals surface area contributed by atoms with E-state index in [1.807, 2.05) is 0 Å². The van der Waals surface area contributed by atoms with Crippen molar-refractivity contribution in [1.29, 1.82) is 0 Å². The maximum absolute atomic E-state index is 12.7. The van der Waals surface area contributed by atoms with Gasteiger partial charge in [-0.1, -0.05) is 66.2 Å². The van der Waals surface area contributed by atoms with Gasteiger partial charge < -0.3 is 10.1 Å². The molecule has 8 heteroatoms. The van der Waals surface area contributed by atoms with Gasteiger partial charge in [0, 0.05) is 19.4 Å². The van der Waals surface area contributed by atoms with Crippen molar-refractivity contribution in [3.8, 4) is 0 Å². The van der Waals surface area contributed by atoms with Gasteiger partial charge in [0.25, 0.3) is 10.1 Å². The Bertz CT molecular complexity index is 1060. The second kappa shape index (κ2) is 15.6. The Morgan fingerprint density at radius 1 is 0.886 bits per heavy atom. The van der Waals surface area contributed by atoms with E-state index < -0.39 is 15.9 Å². The van der Waals surface area contributed by atoms with E-state index in [1.165, 1.54) is 77.0 Å². The number of nitrogens with one attached hydrogen (secondary N) is 1. The molecule has 0 bridgehead atoms. The molecule has 4 rings (SSSR count). The third-order valence-corrected chi connectivity index (χ3v) is 13.9. The van der Waals surface area contributed by atoms with Crippen LogP contribution in [-0.2, 0) is 24.4 Å². The predicted molar refractivity (Wildman–Crippen MR) is 176 cm³/mol. The minimum atomic E-state index is -4.06. The van der Waals surface area contributed by atoms with Gasteiger partial charge in [-0.3, -0.25) is 14.1 Å². The Morgan fingerprint density at radius 3 is 2.30 bits per heavy atom. The fourth-order valence-electron chi connectivity index (χ4n) is 10.7. The van der Waals surface area contributed by atoms with E-state index in [9.17, 15) is 18.0 Å². The normalized spacial score (nSPS) is 35.7. The summed E-state index contributed by atoms with van der Waals surface area (Å²) in [5.74, 6) is 3.50. The summed E-state index contributed by atoms with van der Waals surface area (Å²) in [6.45, 7) is 9.63. The molecule has 0 aromatic rings. The van der Waals surface area contributed by atoms with Crippen molar-refractivity contribution in [1.82, 2.24) is 5.32 Å². The maximum atomic E-state index is 12.7. The summed E-state index contributed by atoms with van der Waals surface area (Å²) < 4.78 is 36.8. The maximum Gasteiger partial charge on any atom is 0.306 e. The number of unbranched alkanes of at least 4 members (excludes halogenated alkanes) is 6. The Labute approximate surface area is 268 Å². The summed E-state index contributed by atoms with van der Waals surface area (Å²) in [4.78, 5) is 25.0. The molecule has 2 N–H and O–H groups in total. The van der Waals surface area contributed by atoms with Gasteiger partial charge >= 0.3 is 5.97 Å². The molecule has 0 spiro atoms. The summed E-state index contributed by atoms with van der Waals surface area (Å²) in [5.41, 5.74) is 0.684. The van der Waals surface area contributed by atoms with Gasteiger partial charge in [-0.05, 0) is 117 Å². The fraction of sp³-hybridized carbons (Fsp3) is 0.944. The molecule has 4 saturated carbocycles. The molecular weight excluding hydrogens is 574 g/mol. The van der Waals surface area contributed by atoms with Gasteiger partial charge in [-0.25, -0.2) is 0 Å². The molecule has 0 aromatic heterocycles. The van der Waals surface area contributed by atoms with Crippen molar-refractivity contribution in [3.63, 3.8) is 0 Å². The lowest BCUT2D eigenvalue weighted by Crippen LogP contribution is -2.54. The van der Waals surface area contributed by atoms with Crippen molar-refractivity contribution < 1.29 is 27.3 Å². The van der Waals surface area contributed by atoms with Crippen LogP contribution in [0.15, 0.2) is 0 Å². The zero-order valence-electron chi connectivity index (χ0n) is 28.3. The molecule has 4 fully saturated rings. The highest BCUT2D eigenvalue weighted by Gasteiger charge is 2.60. The van der Waals surface area contributed by atoms with Crippen molar-refractivity contribution in [2.24, 2.45) is 46.3 Å². The second-order valence-corrected chi connectivity index (χ2v) is 17.4. The molecule has 0 radical (unpaired) electrons. The van der Waals surface area contributed by atoms with Crippen LogP contribution in [-0.4, -0.2) is 43.2 Å². The van der Waals surface area contributed by atoms with E-state index >= 15 is 0 Å². The van der Waals surface area contributed by atoms with Gasteiger partial charge in [-0.15, -0.1) is 0 Å². The number of hydrogen-bond acceptors (Lipinski definition) is 5. The van der Waals surface area contributed by atoms with Crippen molar-refractivity contribution >= 4 is 22.0 Å². The van der Waals surface area contributed by atoms with Crippen LogP contribution in [0.4, 0.5) is 0 Å². The first-order valence-corrected chi connectivity index (χ1v) is 19.9. The van der Waals surface area contributed by atoms with E-state index in [-0.39, 0.29) is 24.5 Å². The smallest absolute Gasteiger partial charge is 0.306 e. The molecule has 4 aliphatic carbocycles. The number of fused-ring (bicyclic) bond motifs is 5. The number of hydrogen-bond donors (Lipinski definition) is 2. The molecular formula is C36H63NO6S.